The maximum Gasteiger partial charge on any atom is 0.240 e. The van der Waals surface area contributed by atoms with Crippen LogP contribution < -0.4 is 5.32 Å². The highest BCUT2D eigenvalue weighted by Crippen LogP contribution is 2.24. The molecule has 2 aromatic carbocycles. The lowest BCUT2D eigenvalue weighted by atomic mass is 9.94. The van der Waals surface area contributed by atoms with Gasteiger partial charge in [0, 0.05) is 24.7 Å². The van der Waals surface area contributed by atoms with Gasteiger partial charge in [-0.1, -0.05) is 61.7 Å². The van der Waals surface area contributed by atoms with Gasteiger partial charge in [0.1, 0.15) is 12.4 Å². The standard InChI is InChI=1S/C24H30N4O/c1-27(20-12-6-3-7-13-20)17-16-25-23(29)18-28-22-15-9-8-14-21(22)26-24(28)19-10-4-2-5-11-19/h2,4-5,8-11,14-15,20H,3,6-7,12-13,16-18H2,1H3,(H,25,29). The van der Waals surface area contributed by atoms with Crippen molar-refractivity contribution in [3.63, 3.8) is 0 Å². The molecule has 1 fully saturated rings. The number of nitrogens with zero attached hydrogens (tertiary/aromatic N) is 3. The molecule has 152 valence electrons. The summed E-state index contributed by atoms with van der Waals surface area (Å²) in [6, 6.07) is 18.7. The van der Waals surface area contributed by atoms with Crippen molar-refractivity contribution in [1.82, 2.24) is 19.8 Å². The van der Waals surface area contributed by atoms with E-state index in [1.807, 2.05) is 59.2 Å². The van der Waals surface area contributed by atoms with E-state index in [-0.39, 0.29) is 12.5 Å². The molecule has 1 N–H and O–H groups in total. The Morgan fingerprint density at radius 1 is 1.07 bits per heavy atom. The highest BCUT2D eigenvalue weighted by molar-refractivity contribution is 5.84. The Kier molecular flexibility index (Phi) is 6.25. The summed E-state index contributed by atoms with van der Waals surface area (Å²) in [5.74, 6) is 0.864. The first kappa shape index (κ1) is 19.6. The number of para-hydroxylation sites is 2. The number of likely N-dealkylation sites (N-methyl/N-ethyl adjacent to an activating group) is 1. The molecule has 0 aliphatic heterocycles. The predicted molar refractivity (Wildman–Crippen MR) is 118 cm³/mol. The van der Waals surface area contributed by atoms with E-state index in [9.17, 15) is 4.79 Å². The molecule has 1 heterocycles. The average Bonchev–Trinajstić information content (AvgIpc) is 3.13. The smallest absolute Gasteiger partial charge is 0.240 e. The SMILES string of the molecule is CN(CCNC(=O)Cn1c(-c2ccccc2)nc2ccccc21)C1CCCCC1. The molecule has 0 radical (unpaired) electrons. The van der Waals surface area contributed by atoms with Gasteiger partial charge in [0.05, 0.1) is 11.0 Å². The van der Waals surface area contributed by atoms with E-state index >= 15 is 0 Å². The van der Waals surface area contributed by atoms with Crippen LogP contribution in [0.4, 0.5) is 0 Å². The third-order valence-corrected chi connectivity index (χ3v) is 5.97. The van der Waals surface area contributed by atoms with Crippen molar-refractivity contribution in [2.45, 2.75) is 44.7 Å². The first-order valence-electron chi connectivity index (χ1n) is 10.7. The summed E-state index contributed by atoms with van der Waals surface area (Å²) in [6.45, 7) is 1.85. The van der Waals surface area contributed by atoms with Crippen LogP contribution in [0.2, 0.25) is 0 Å². The predicted octanol–water partition coefficient (Wildman–Crippen LogP) is 4.08. The largest absolute Gasteiger partial charge is 0.353 e. The van der Waals surface area contributed by atoms with Crippen LogP contribution in [-0.4, -0.2) is 46.5 Å². The van der Waals surface area contributed by atoms with Gasteiger partial charge in [0.2, 0.25) is 5.91 Å². The van der Waals surface area contributed by atoms with E-state index in [0.717, 1.165) is 29.0 Å². The monoisotopic (exact) mass is 390 g/mol. The quantitative estimate of drug-likeness (QED) is 0.661. The molecular weight excluding hydrogens is 360 g/mol. The minimum Gasteiger partial charge on any atom is -0.353 e. The third-order valence-electron chi connectivity index (χ3n) is 5.97. The summed E-state index contributed by atoms with van der Waals surface area (Å²) in [7, 11) is 2.18. The minimum atomic E-state index is 0.0300. The van der Waals surface area contributed by atoms with E-state index in [1.54, 1.807) is 0 Å². The van der Waals surface area contributed by atoms with Crippen molar-refractivity contribution < 1.29 is 4.79 Å². The summed E-state index contributed by atoms with van der Waals surface area (Å²) in [5.41, 5.74) is 2.92. The van der Waals surface area contributed by atoms with Crippen molar-refractivity contribution in [2.24, 2.45) is 0 Å². The zero-order valence-corrected chi connectivity index (χ0v) is 17.2. The zero-order chi connectivity index (χ0) is 20.1. The van der Waals surface area contributed by atoms with Crippen molar-refractivity contribution in [3.8, 4) is 11.4 Å². The van der Waals surface area contributed by atoms with Crippen molar-refractivity contribution in [1.29, 1.82) is 0 Å². The number of rotatable bonds is 7. The Labute approximate surface area is 172 Å². The van der Waals surface area contributed by atoms with Gasteiger partial charge in [0.15, 0.2) is 0 Å². The molecule has 0 unspecified atom stereocenters. The van der Waals surface area contributed by atoms with Crippen LogP contribution >= 0.6 is 0 Å². The first-order chi connectivity index (χ1) is 14.2. The number of fused-ring (bicyclic) bond motifs is 1. The maximum absolute atomic E-state index is 12.7. The summed E-state index contributed by atoms with van der Waals surface area (Å²) in [6.07, 6.45) is 6.59. The van der Waals surface area contributed by atoms with Gasteiger partial charge in [-0.15, -0.1) is 0 Å². The number of carbonyl (C=O) groups is 1. The minimum absolute atomic E-state index is 0.0300. The van der Waals surface area contributed by atoms with Gasteiger partial charge in [-0.2, -0.15) is 0 Å². The van der Waals surface area contributed by atoms with Gasteiger partial charge >= 0.3 is 0 Å². The molecule has 3 aromatic rings. The number of amides is 1. The summed E-state index contributed by atoms with van der Waals surface area (Å²) in [4.78, 5) is 19.9. The molecule has 1 aliphatic rings. The lowest BCUT2D eigenvalue weighted by molar-refractivity contribution is -0.121. The van der Waals surface area contributed by atoms with Crippen LogP contribution in [-0.2, 0) is 11.3 Å². The Morgan fingerprint density at radius 3 is 2.59 bits per heavy atom. The highest BCUT2D eigenvalue weighted by Gasteiger charge is 2.18. The number of nitrogens with one attached hydrogen (secondary N) is 1. The van der Waals surface area contributed by atoms with E-state index in [1.165, 1.54) is 32.1 Å². The molecule has 0 saturated heterocycles. The molecule has 0 bridgehead atoms. The second-order valence-corrected chi connectivity index (χ2v) is 8.00. The maximum atomic E-state index is 12.7. The molecule has 1 aliphatic carbocycles. The first-order valence-corrected chi connectivity index (χ1v) is 10.7. The molecule has 5 nitrogen and oxygen atoms in total. The summed E-state index contributed by atoms with van der Waals surface area (Å²) >= 11 is 0. The number of hydrogen-bond donors (Lipinski definition) is 1. The van der Waals surface area contributed by atoms with Gasteiger partial charge in [-0.3, -0.25) is 4.79 Å². The Balaban J connectivity index is 1.42. The third kappa shape index (κ3) is 4.67. The molecule has 4 rings (SSSR count). The molecule has 0 spiro atoms. The molecule has 5 heteroatoms. The molecule has 1 amide bonds. The molecular formula is C24H30N4O. The Hall–Kier alpha value is -2.66. The normalized spacial score (nSPS) is 15.1. The fourth-order valence-corrected chi connectivity index (χ4v) is 4.32. The number of imidazole rings is 1. The fourth-order valence-electron chi connectivity index (χ4n) is 4.32. The van der Waals surface area contributed by atoms with Gasteiger partial charge < -0.3 is 14.8 Å². The molecule has 1 saturated carbocycles. The second-order valence-electron chi connectivity index (χ2n) is 8.00. The van der Waals surface area contributed by atoms with Crippen LogP contribution in [0.5, 0.6) is 0 Å². The fraction of sp³-hybridized carbons (Fsp3) is 0.417. The number of carbonyl (C=O) groups excluding carboxylic acids is 1. The highest BCUT2D eigenvalue weighted by atomic mass is 16.1. The second kappa shape index (κ2) is 9.23. The van der Waals surface area contributed by atoms with Crippen molar-refractivity contribution >= 4 is 16.9 Å². The van der Waals surface area contributed by atoms with Gasteiger partial charge in [-0.05, 0) is 32.0 Å². The zero-order valence-electron chi connectivity index (χ0n) is 17.2. The van der Waals surface area contributed by atoms with Crippen LogP contribution in [0.25, 0.3) is 22.4 Å². The van der Waals surface area contributed by atoms with Gasteiger partial charge in [-0.25, -0.2) is 4.98 Å². The number of hydrogen-bond acceptors (Lipinski definition) is 3. The van der Waals surface area contributed by atoms with Gasteiger partial charge in [0.25, 0.3) is 0 Å². The lowest BCUT2D eigenvalue weighted by Gasteiger charge is -2.31. The molecule has 0 atom stereocenters. The summed E-state index contributed by atoms with van der Waals surface area (Å²) < 4.78 is 2.02. The van der Waals surface area contributed by atoms with Crippen LogP contribution in [0.15, 0.2) is 54.6 Å². The Bertz CT molecular complexity index is 944. The number of benzene rings is 2. The summed E-state index contributed by atoms with van der Waals surface area (Å²) in [5, 5.41) is 3.11. The van der Waals surface area contributed by atoms with E-state index in [0.29, 0.717) is 12.6 Å². The van der Waals surface area contributed by atoms with E-state index in [4.69, 9.17) is 4.98 Å². The van der Waals surface area contributed by atoms with E-state index in [2.05, 4.69) is 17.3 Å². The van der Waals surface area contributed by atoms with Crippen LogP contribution in [0.3, 0.4) is 0 Å². The lowest BCUT2D eigenvalue weighted by Crippen LogP contribution is -2.40. The van der Waals surface area contributed by atoms with E-state index < -0.39 is 0 Å². The van der Waals surface area contributed by atoms with Crippen molar-refractivity contribution in [3.05, 3.63) is 54.6 Å². The van der Waals surface area contributed by atoms with Crippen LogP contribution in [0.1, 0.15) is 32.1 Å². The van der Waals surface area contributed by atoms with Crippen molar-refractivity contribution in [2.75, 3.05) is 20.1 Å². The van der Waals surface area contributed by atoms with Crippen LogP contribution in [0, 0.1) is 0 Å². The Morgan fingerprint density at radius 2 is 1.79 bits per heavy atom. The number of aromatic nitrogens is 2. The average molecular weight is 391 g/mol. The molecule has 29 heavy (non-hydrogen) atoms. The molecule has 1 aromatic heterocycles. The topological polar surface area (TPSA) is 50.2 Å².